The third-order valence-corrected chi connectivity index (χ3v) is 3.39. The van der Waals surface area contributed by atoms with Gasteiger partial charge in [-0.15, -0.1) is 0 Å². The fourth-order valence-electron chi connectivity index (χ4n) is 2.09. The van der Waals surface area contributed by atoms with Gasteiger partial charge in [0.15, 0.2) is 18.1 Å². The summed E-state index contributed by atoms with van der Waals surface area (Å²) in [5, 5.41) is 12.8. The predicted octanol–water partition coefficient (Wildman–Crippen LogP) is 2.55. The van der Waals surface area contributed by atoms with Gasteiger partial charge in [-0.1, -0.05) is 0 Å². The molecule has 142 valence electrons. The lowest BCUT2D eigenvalue weighted by atomic mass is 10.2. The number of esters is 1. The lowest BCUT2D eigenvalue weighted by Gasteiger charge is -2.10. The van der Waals surface area contributed by atoms with E-state index in [9.17, 15) is 24.1 Å². The lowest BCUT2D eigenvalue weighted by Crippen LogP contribution is -2.21. The van der Waals surface area contributed by atoms with E-state index in [1.165, 1.54) is 32.4 Å². The number of anilines is 1. The number of hydrogen-bond acceptors (Lipinski definition) is 7. The molecule has 2 aromatic carbocycles. The molecule has 0 saturated heterocycles. The monoisotopic (exact) mass is 378 g/mol. The summed E-state index contributed by atoms with van der Waals surface area (Å²) in [6.45, 7) is -0.713. The average molecular weight is 378 g/mol. The Morgan fingerprint density at radius 2 is 1.81 bits per heavy atom. The number of nitro benzene ring substituents is 1. The molecule has 0 saturated carbocycles. The fourth-order valence-corrected chi connectivity index (χ4v) is 2.09. The first-order valence-corrected chi connectivity index (χ1v) is 7.48. The maximum absolute atomic E-state index is 13.6. The molecule has 0 heterocycles. The molecule has 10 heteroatoms. The highest BCUT2D eigenvalue weighted by molar-refractivity contribution is 5.96. The second-order valence-electron chi connectivity index (χ2n) is 5.12. The van der Waals surface area contributed by atoms with Gasteiger partial charge >= 0.3 is 5.97 Å². The van der Waals surface area contributed by atoms with Gasteiger partial charge in [0.25, 0.3) is 11.6 Å². The third kappa shape index (κ3) is 4.91. The molecular weight excluding hydrogens is 363 g/mol. The maximum Gasteiger partial charge on any atom is 0.338 e. The van der Waals surface area contributed by atoms with Crippen molar-refractivity contribution in [3.63, 3.8) is 0 Å². The van der Waals surface area contributed by atoms with Crippen LogP contribution >= 0.6 is 0 Å². The van der Waals surface area contributed by atoms with Crippen LogP contribution in [0.3, 0.4) is 0 Å². The molecule has 2 rings (SSSR count). The molecule has 0 fully saturated rings. The van der Waals surface area contributed by atoms with Gasteiger partial charge in [-0.2, -0.15) is 0 Å². The van der Waals surface area contributed by atoms with Crippen LogP contribution in [0.4, 0.5) is 15.8 Å². The van der Waals surface area contributed by atoms with Crippen molar-refractivity contribution in [1.82, 2.24) is 0 Å². The molecule has 0 spiro atoms. The number of nitrogens with one attached hydrogen (secondary N) is 1. The number of methoxy groups -OCH3 is 2. The van der Waals surface area contributed by atoms with Crippen molar-refractivity contribution in [2.45, 2.75) is 0 Å². The van der Waals surface area contributed by atoms with Crippen molar-refractivity contribution < 1.29 is 33.1 Å². The number of carbonyl (C=O) groups excluding carboxylic acids is 2. The highest BCUT2D eigenvalue weighted by atomic mass is 19.1. The number of halogens is 1. The van der Waals surface area contributed by atoms with E-state index in [1.807, 2.05) is 0 Å². The number of amides is 1. The normalized spacial score (nSPS) is 10.0. The van der Waals surface area contributed by atoms with E-state index in [2.05, 4.69) is 5.32 Å². The quantitative estimate of drug-likeness (QED) is 0.447. The summed E-state index contributed by atoms with van der Waals surface area (Å²) >= 11 is 0. The molecule has 0 bridgehead atoms. The first kappa shape index (κ1) is 19.6. The number of nitro groups is 1. The van der Waals surface area contributed by atoms with E-state index >= 15 is 0 Å². The number of benzene rings is 2. The molecule has 1 amide bonds. The van der Waals surface area contributed by atoms with Gasteiger partial charge in [-0.25, -0.2) is 9.18 Å². The van der Waals surface area contributed by atoms with Crippen molar-refractivity contribution in [2.24, 2.45) is 0 Å². The van der Waals surface area contributed by atoms with E-state index in [1.54, 1.807) is 0 Å². The van der Waals surface area contributed by atoms with Gasteiger partial charge in [0.1, 0.15) is 5.82 Å². The van der Waals surface area contributed by atoms with Crippen molar-refractivity contribution in [3.05, 3.63) is 57.9 Å². The minimum atomic E-state index is -0.861. The van der Waals surface area contributed by atoms with E-state index < -0.39 is 40.6 Å². The van der Waals surface area contributed by atoms with Gasteiger partial charge in [0, 0.05) is 12.1 Å². The molecule has 9 nitrogen and oxygen atoms in total. The van der Waals surface area contributed by atoms with Crippen LogP contribution in [-0.4, -0.2) is 37.6 Å². The molecule has 1 N–H and O–H groups in total. The largest absolute Gasteiger partial charge is 0.493 e. The van der Waals surface area contributed by atoms with Crippen molar-refractivity contribution in [3.8, 4) is 11.5 Å². The molecule has 0 aliphatic heterocycles. The zero-order valence-corrected chi connectivity index (χ0v) is 14.4. The fraction of sp³-hybridized carbons (Fsp3) is 0.176. The molecule has 27 heavy (non-hydrogen) atoms. The van der Waals surface area contributed by atoms with Gasteiger partial charge in [0.2, 0.25) is 0 Å². The van der Waals surface area contributed by atoms with Crippen LogP contribution in [0.2, 0.25) is 0 Å². The lowest BCUT2D eigenvalue weighted by molar-refractivity contribution is -0.384. The summed E-state index contributed by atoms with van der Waals surface area (Å²) in [6, 6.07) is 6.96. The number of hydrogen-bond donors (Lipinski definition) is 1. The second kappa shape index (κ2) is 8.61. The Bertz CT molecular complexity index is 886. The van der Waals surface area contributed by atoms with Crippen LogP contribution in [0.25, 0.3) is 0 Å². The minimum Gasteiger partial charge on any atom is -0.493 e. The summed E-state index contributed by atoms with van der Waals surface area (Å²) in [4.78, 5) is 33.8. The Balaban J connectivity index is 2.00. The van der Waals surface area contributed by atoms with Gasteiger partial charge < -0.3 is 19.5 Å². The molecule has 0 radical (unpaired) electrons. The molecule has 0 aliphatic carbocycles. The number of ether oxygens (including phenoxy) is 3. The van der Waals surface area contributed by atoms with Crippen LogP contribution in [-0.2, 0) is 9.53 Å². The number of non-ortho nitro benzene ring substituents is 1. The third-order valence-electron chi connectivity index (χ3n) is 3.39. The van der Waals surface area contributed by atoms with E-state index in [0.29, 0.717) is 11.5 Å². The van der Waals surface area contributed by atoms with Crippen molar-refractivity contribution in [1.29, 1.82) is 0 Å². The Morgan fingerprint density at radius 1 is 1.11 bits per heavy atom. The first-order valence-electron chi connectivity index (χ1n) is 7.48. The van der Waals surface area contributed by atoms with Crippen LogP contribution in [0.15, 0.2) is 36.4 Å². The molecule has 0 unspecified atom stereocenters. The summed E-state index contributed by atoms with van der Waals surface area (Å²) < 4.78 is 28.6. The summed E-state index contributed by atoms with van der Waals surface area (Å²) in [5.74, 6) is -1.82. The summed E-state index contributed by atoms with van der Waals surface area (Å²) in [7, 11) is 2.83. The van der Waals surface area contributed by atoms with Crippen molar-refractivity contribution >= 4 is 23.3 Å². The number of rotatable bonds is 7. The van der Waals surface area contributed by atoms with E-state index in [4.69, 9.17) is 14.2 Å². The number of nitrogens with zero attached hydrogens (tertiary/aromatic N) is 1. The summed E-state index contributed by atoms with van der Waals surface area (Å²) in [6.07, 6.45) is 0. The maximum atomic E-state index is 13.6. The summed E-state index contributed by atoms with van der Waals surface area (Å²) in [5.41, 5.74) is -0.674. The smallest absolute Gasteiger partial charge is 0.338 e. The topological polar surface area (TPSA) is 117 Å². The first-order chi connectivity index (χ1) is 12.8. The predicted molar refractivity (Wildman–Crippen MR) is 91.5 cm³/mol. The Morgan fingerprint density at radius 3 is 2.44 bits per heavy atom. The molecule has 2 aromatic rings. The highest BCUT2D eigenvalue weighted by Gasteiger charge is 2.16. The van der Waals surface area contributed by atoms with Crippen molar-refractivity contribution in [2.75, 3.05) is 26.1 Å². The Kier molecular flexibility index (Phi) is 6.26. The second-order valence-corrected chi connectivity index (χ2v) is 5.12. The Labute approximate surface area is 152 Å². The van der Waals surface area contributed by atoms with Crippen LogP contribution in [0, 0.1) is 15.9 Å². The van der Waals surface area contributed by atoms with Gasteiger partial charge in [-0.05, 0) is 24.3 Å². The average Bonchev–Trinajstić information content (AvgIpc) is 2.66. The standard InChI is InChI=1S/C17H15FN2O7/c1-25-14-6-3-10(7-15(14)26-2)17(22)27-9-16(21)19-13-8-11(20(23)24)4-5-12(13)18/h3-8H,9H2,1-2H3,(H,19,21). The highest BCUT2D eigenvalue weighted by Crippen LogP contribution is 2.27. The van der Waals surface area contributed by atoms with Gasteiger partial charge in [-0.3, -0.25) is 14.9 Å². The van der Waals surface area contributed by atoms with Gasteiger partial charge in [0.05, 0.1) is 30.4 Å². The SMILES string of the molecule is COc1ccc(C(=O)OCC(=O)Nc2cc([N+](=O)[O-])ccc2F)cc1OC. The molecule has 0 aromatic heterocycles. The molecule has 0 atom stereocenters. The van der Waals surface area contributed by atoms with Crippen LogP contribution in [0.5, 0.6) is 11.5 Å². The minimum absolute atomic E-state index is 0.113. The van der Waals surface area contributed by atoms with Crippen LogP contribution < -0.4 is 14.8 Å². The van der Waals surface area contributed by atoms with E-state index in [0.717, 1.165) is 18.2 Å². The van der Waals surface area contributed by atoms with E-state index in [-0.39, 0.29) is 5.56 Å². The molecule has 0 aliphatic rings. The Hall–Kier alpha value is -3.69. The zero-order chi connectivity index (χ0) is 20.0. The zero-order valence-electron chi connectivity index (χ0n) is 14.4. The van der Waals surface area contributed by atoms with Crippen LogP contribution in [0.1, 0.15) is 10.4 Å². The number of carbonyl (C=O) groups is 2. The molecular formula is C17H15FN2O7.